The summed E-state index contributed by atoms with van der Waals surface area (Å²) in [5.74, 6) is 0. The highest BCUT2D eigenvalue weighted by atomic mass is 16.2. The molecule has 1 saturated heterocycles. The number of amides is 2. The highest BCUT2D eigenvalue weighted by Crippen LogP contribution is 1.86. The molecular weight excluding hydrogens is 106 g/mol. The number of hydrogen-bond donors (Lipinski definition) is 3. The monoisotopic (exact) mass is 115 g/mol. The van der Waals surface area contributed by atoms with Gasteiger partial charge in [0, 0.05) is 6.54 Å². The maximum atomic E-state index is 10.4. The average molecular weight is 115 g/mol. The Hall–Kier alpha value is -0.770. The third-order valence-electron chi connectivity index (χ3n) is 1.06. The van der Waals surface area contributed by atoms with Crippen LogP contribution < -0.4 is 16.4 Å². The van der Waals surface area contributed by atoms with E-state index in [0.29, 0.717) is 6.54 Å². The first kappa shape index (κ1) is 5.37. The Labute approximate surface area is 47.4 Å². The van der Waals surface area contributed by atoms with Crippen LogP contribution in [0, 0.1) is 0 Å². The van der Waals surface area contributed by atoms with E-state index >= 15 is 0 Å². The van der Waals surface area contributed by atoms with Crippen molar-refractivity contribution in [3.63, 3.8) is 0 Å². The molecule has 1 rings (SSSR count). The number of nitrogens with two attached hydrogens (primary N) is 1. The van der Waals surface area contributed by atoms with Crippen LogP contribution in [0.2, 0.25) is 0 Å². The van der Waals surface area contributed by atoms with Crippen molar-refractivity contribution < 1.29 is 4.79 Å². The lowest BCUT2D eigenvalue weighted by molar-refractivity contribution is 0.229. The molecule has 1 heterocycles. The number of hydrogen-bond acceptors (Lipinski definition) is 2. The van der Waals surface area contributed by atoms with Gasteiger partial charge in [-0.2, -0.15) is 0 Å². The van der Waals surface area contributed by atoms with Crippen molar-refractivity contribution >= 4 is 6.03 Å². The maximum absolute atomic E-state index is 10.4. The summed E-state index contributed by atoms with van der Waals surface area (Å²) >= 11 is 0. The van der Waals surface area contributed by atoms with Gasteiger partial charge in [0.15, 0.2) is 0 Å². The van der Waals surface area contributed by atoms with Crippen molar-refractivity contribution in [2.24, 2.45) is 5.73 Å². The Morgan fingerprint density at radius 1 is 1.75 bits per heavy atom. The summed E-state index contributed by atoms with van der Waals surface area (Å²) in [6.45, 7) is 0.688. The van der Waals surface area contributed by atoms with Crippen LogP contribution in [0.15, 0.2) is 0 Å². The second-order valence-corrected chi connectivity index (χ2v) is 1.80. The summed E-state index contributed by atoms with van der Waals surface area (Å²) in [7, 11) is 0. The van der Waals surface area contributed by atoms with Gasteiger partial charge in [0.05, 0.1) is 6.17 Å². The smallest absolute Gasteiger partial charge is 0.316 e. The van der Waals surface area contributed by atoms with Crippen LogP contribution in [-0.4, -0.2) is 18.7 Å². The fourth-order valence-corrected chi connectivity index (χ4v) is 0.633. The molecule has 0 aromatic heterocycles. The zero-order valence-corrected chi connectivity index (χ0v) is 4.48. The van der Waals surface area contributed by atoms with Crippen LogP contribution >= 0.6 is 0 Å². The van der Waals surface area contributed by atoms with E-state index in [4.69, 9.17) is 5.73 Å². The molecule has 0 saturated carbocycles. The minimum absolute atomic E-state index is 0.149. The van der Waals surface area contributed by atoms with Crippen molar-refractivity contribution in [1.82, 2.24) is 10.6 Å². The molecule has 4 nitrogen and oxygen atoms in total. The van der Waals surface area contributed by atoms with Gasteiger partial charge in [0.2, 0.25) is 0 Å². The zero-order chi connectivity index (χ0) is 5.98. The first-order valence-corrected chi connectivity index (χ1v) is 2.59. The van der Waals surface area contributed by atoms with Gasteiger partial charge in [0.1, 0.15) is 0 Å². The van der Waals surface area contributed by atoms with Crippen LogP contribution in [-0.2, 0) is 0 Å². The van der Waals surface area contributed by atoms with E-state index in [-0.39, 0.29) is 12.2 Å². The molecule has 4 heteroatoms. The molecule has 4 N–H and O–H groups in total. The molecule has 1 aliphatic heterocycles. The molecule has 1 atom stereocenters. The lowest BCUT2D eigenvalue weighted by Crippen LogP contribution is -2.53. The highest BCUT2D eigenvalue weighted by Gasteiger charge is 2.11. The molecule has 1 fully saturated rings. The van der Waals surface area contributed by atoms with Gasteiger partial charge in [-0.3, -0.25) is 0 Å². The predicted molar refractivity (Wildman–Crippen MR) is 29.1 cm³/mol. The molecule has 46 valence electrons. The molecule has 1 aliphatic rings. The predicted octanol–water partition coefficient (Wildman–Crippen LogP) is -1.03. The summed E-state index contributed by atoms with van der Waals surface area (Å²) in [5, 5.41) is 5.09. The topological polar surface area (TPSA) is 67.1 Å². The fourth-order valence-electron chi connectivity index (χ4n) is 0.633. The molecule has 0 bridgehead atoms. The van der Waals surface area contributed by atoms with E-state index in [2.05, 4.69) is 10.6 Å². The SMILES string of the molecule is N[C@H]1CCNC(=O)N1. The number of nitrogens with one attached hydrogen (secondary N) is 2. The van der Waals surface area contributed by atoms with Crippen molar-refractivity contribution in [2.75, 3.05) is 6.54 Å². The number of carbonyl (C=O) groups excluding carboxylic acids is 1. The lowest BCUT2D eigenvalue weighted by atomic mass is 10.3. The second-order valence-electron chi connectivity index (χ2n) is 1.80. The summed E-state index contributed by atoms with van der Waals surface area (Å²) < 4.78 is 0. The maximum Gasteiger partial charge on any atom is 0.316 e. The van der Waals surface area contributed by atoms with E-state index in [1.54, 1.807) is 0 Å². The Bertz CT molecular complexity index is 103. The number of carbonyl (C=O) groups is 1. The summed E-state index contributed by atoms with van der Waals surface area (Å²) in [6.07, 6.45) is 0.662. The van der Waals surface area contributed by atoms with Gasteiger partial charge in [-0.15, -0.1) is 0 Å². The van der Waals surface area contributed by atoms with Crippen LogP contribution in [0.5, 0.6) is 0 Å². The van der Waals surface area contributed by atoms with Gasteiger partial charge in [0.25, 0.3) is 0 Å². The van der Waals surface area contributed by atoms with Gasteiger partial charge >= 0.3 is 6.03 Å². The van der Waals surface area contributed by atoms with Gasteiger partial charge < -0.3 is 16.4 Å². The molecule has 0 spiro atoms. The van der Waals surface area contributed by atoms with Gasteiger partial charge in [-0.25, -0.2) is 4.79 Å². The molecule has 0 aromatic rings. The van der Waals surface area contributed by atoms with Crippen molar-refractivity contribution in [1.29, 1.82) is 0 Å². The third-order valence-corrected chi connectivity index (χ3v) is 1.06. The van der Waals surface area contributed by atoms with E-state index in [0.717, 1.165) is 6.42 Å². The van der Waals surface area contributed by atoms with Crippen LogP contribution in [0.4, 0.5) is 4.79 Å². The van der Waals surface area contributed by atoms with Gasteiger partial charge in [-0.05, 0) is 6.42 Å². The van der Waals surface area contributed by atoms with Gasteiger partial charge in [-0.1, -0.05) is 0 Å². The molecule has 0 aromatic carbocycles. The standard InChI is InChI=1S/C4H9N3O/c5-3-1-2-6-4(8)7-3/h3H,1-2,5H2,(H2,6,7,8)/t3-/m1/s1. The first-order valence-electron chi connectivity index (χ1n) is 2.59. The van der Waals surface area contributed by atoms with E-state index in [1.165, 1.54) is 0 Å². The van der Waals surface area contributed by atoms with E-state index in [1.807, 2.05) is 0 Å². The molecule has 2 amide bonds. The average Bonchev–Trinajstić information content (AvgIpc) is 1.64. The summed E-state index contributed by atoms with van der Waals surface area (Å²) in [4.78, 5) is 10.4. The van der Waals surface area contributed by atoms with Crippen LogP contribution in [0.25, 0.3) is 0 Å². The Morgan fingerprint density at radius 2 is 2.50 bits per heavy atom. The molecular formula is C4H9N3O. The molecule has 0 aliphatic carbocycles. The molecule has 0 unspecified atom stereocenters. The van der Waals surface area contributed by atoms with E-state index < -0.39 is 0 Å². The summed E-state index contributed by atoms with van der Waals surface area (Å²) in [6, 6.07) is -0.163. The first-order chi connectivity index (χ1) is 3.79. The van der Waals surface area contributed by atoms with Crippen LogP contribution in [0.1, 0.15) is 6.42 Å². The van der Waals surface area contributed by atoms with Crippen molar-refractivity contribution in [3.8, 4) is 0 Å². The van der Waals surface area contributed by atoms with Crippen LogP contribution in [0.3, 0.4) is 0 Å². The zero-order valence-electron chi connectivity index (χ0n) is 4.48. The summed E-state index contributed by atoms with van der Waals surface area (Å²) in [5.41, 5.74) is 5.35. The fraction of sp³-hybridized carbons (Fsp3) is 0.750. The Balaban J connectivity index is 2.34. The molecule has 0 radical (unpaired) electrons. The minimum atomic E-state index is -0.163. The van der Waals surface area contributed by atoms with Crippen molar-refractivity contribution in [2.45, 2.75) is 12.6 Å². The quantitative estimate of drug-likeness (QED) is 0.378. The number of rotatable bonds is 0. The van der Waals surface area contributed by atoms with Crippen molar-refractivity contribution in [3.05, 3.63) is 0 Å². The number of urea groups is 1. The molecule has 8 heavy (non-hydrogen) atoms. The third kappa shape index (κ3) is 1.10. The van der Waals surface area contributed by atoms with E-state index in [9.17, 15) is 4.79 Å². The lowest BCUT2D eigenvalue weighted by Gasteiger charge is -2.19. The Morgan fingerprint density at radius 3 is 2.88 bits per heavy atom. The highest BCUT2D eigenvalue weighted by molar-refractivity contribution is 5.74. The largest absolute Gasteiger partial charge is 0.338 e. The second kappa shape index (κ2) is 2.00. The minimum Gasteiger partial charge on any atom is -0.338 e. The Kier molecular flexibility index (Phi) is 1.34. The normalized spacial score (nSPS) is 28.6.